The van der Waals surface area contributed by atoms with Crippen molar-refractivity contribution in [2.24, 2.45) is 5.11 Å². The van der Waals surface area contributed by atoms with E-state index in [1.807, 2.05) is 43.0 Å². The molecule has 0 aliphatic rings. The molecular weight excluding hydrogens is 324 g/mol. The van der Waals surface area contributed by atoms with Gasteiger partial charge in [-0.2, -0.15) is 0 Å². The minimum Gasteiger partial charge on any atom is -0.493 e. The Morgan fingerprint density at radius 3 is 2.65 bits per heavy atom. The van der Waals surface area contributed by atoms with E-state index in [4.69, 9.17) is 12.2 Å². The summed E-state index contributed by atoms with van der Waals surface area (Å²) in [5, 5.41) is 18.3. The molecule has 0 atom stereocenters. The Kier molecular flexibility index (Phi) is 6.13. The molecule has 1 aromatic heterocycles. The fourth-order valence-corrected chi connectivity index (χ4v) is 2.22. The molecule has 1 heterocycles. The van der Waals surface area contributed by atoms with Crippen LogP contribution in [0, 0.1) is 0 Å². The minimum atomic E-state index is 0. The quantitative estimate of drug-likeness (QED) is 0.452. The van der Waals surface area contributed by atoms with Gasteiger partial charge in [0.2, 0.25) is 5.88 Å². The molecule has 0 aliphatic heterocycles. The average molecular weight is 341 g/mol. The van der Waals surface area contributed by atoms with E-state index < -0.39 is 0 Å². The van der Waals surface area contributed by atoms with E-state index in [0.29, 0.717) is 10.8 Å². The Labute approximate surface area is 133 Å². The number of thiocarbonyl (C=S) groups is 1. The van der Waals surface area contributed by atoms with E-state index in [9.17, 15) is 5.11 Å². The number of benzene rings is 1. The molecule has 0 aliphatic carbocycles. The number of hydrogen-bond donors (Lipinski definition) is 3. The normalized spacial score (nSPS) is 10.7. The monoisotopic (exact) mass is 340 g/mol. The number of aromatic nitrogens is 1. The molecule has 7 heteroatoms. The molecular formula is C13H17CuN4OS+3. The van der Waals surface area contributed by atoms with Gasteiger partial charge in [-0.1, -0.05) is 23.3 Å². The van der Waals surface area contributed by atoms with Gasteiger partial charge in [0, 0.05) is 17.6 Å². The molecule has 0 spiro atoms. The molecule has 2 rings (SSSR count). The first-order valence-electron chi connectivity index (χ1n) is 6.22. The first-order chi connectivity index (χ1) is 9.17. The topological polar surface area (TPSA) is 65.6 Å². The molecule has 20 heavy (non-hydrogen) atoms. The van der Waals surface area contributed by atoms with Gasteiger partial charge in [-0.05, 0) is 19.9 Å². The van der Waals surface area contributed by atoms with Crippen molar-refractivity contribution in [3.63, 3.8) is 0 Å². The van der Waals surface area contributed by atoms with Crippen LogP contribution >= 0.6 is 12.2 Å². The second-order valence-corrected chi connectivity index (χ2v) is 4.46. The number of nitrogens with one attached hydrogen (secondary N) is 2. The maximum absolute atomic E-state index is 9.85. The Morgan fingerprint density at radius 2 is 2.00 bits per heavy atom. The SMILES string of the molecule is CCN(CC)C(=S)[NH+]=Nc1c(O)[nH]c2ccccc12.[Cu+2]. The molecule has 3 N–H and O–H groups in total. The van der Waals surface area contributed by atoms with Crippen LogP contribution in [0.2, 0.25) is 0 Å². The summed E-state index contributed by atoms with van der Waals surface area (Å²) in [6, 6.07) is 7.58. The second kappa shape index (κ2) is 7.38. The molecule has 1 radical (unpaired) electrons. The van der Waals surface area contributed by atoms with Crippen LogP contribution in [0.15, 0.2) is 29.4 Å². The van der Waals surface area contributed by atoms with Crippen LogP contribution in [0.4, 0.5) is 5.69 Å². The summed E-state index contributed by atoms with van der Waals surface area (Å²) in [5.74, 6) is 0.0380. The molecule has 5 nitrogen and oxygen atoms in total. The van der Waals surface area contributed by atoms with E-state index in [2.05, 4.69) is 15.2 Å². The van der Waals surface area contributed by atoms with Crippen LogP contribution in [-0.2, 0) is 17.1 Å². The number of fused-ring (bicyclic) bond motifs is 1. The van der Waals surface area contributed by atoms with Gasteiger partial charge in [0.05, 0.1) is 18.6 Å². The third-order valence-corrected chi connectivity index (χ3v) is 3.32. The van der Waals surface area contributed by atoms with Crippen molar-refractivity contribution in [1.29, 1.82) is 0 Å². The van der Waals surface area contributed by atoms with Gasteiger partial charge in [-0.3, -0.25) is 4.90 Å². The number of aromatic hydroxyl groups is 1. The van der Waals surface area contributed by atoms with Gasteiger partial charge < -0.3 is 10.1 Å². The van der Waals surface area contributed by atoms with Gasteiger partial charge in [0.15, 0.2) is 5.69 Å². The molecule has 109 valence electrons. The minimum absolute atomic E-state index is 0. The zero-order valence-electron chi connectivity index (χ0n) is 11.3. The molecule has 0 fully saturated rings. The Bertz CT molecular complexity index is 622. The van der Waals surface area contributed by atoms with Gasteiger partial charge in [-0.25, -0.2) is 0 Å². The van der Waals surface area contributed by atoms with E-state index >= 15 is 0 Å². The van der Waals surface area contributed by atoms with Crippen LogP contribution in [0.3, 0.4) is 0 Å². The molecule has 0 amide bonds. The summed E-state index contributed by atoms with van der Waals surface area (Å²) < 4.78 is 0. The smallest absolute Gasteiger partial charge is 0.493 e. The maximum Gasteiger partial charge on any atom is 2.00 e. The third kappa shape index (κ3) is 3.36. The van der Waals surface area contributed by atoms with Crippen LogP contribution in [0.25, 0.3) is 10.9 Å². The molecule has 2 aromatic rings. The van der Waals surface area contributed by atoms with Gasteiger partial charge in [-0.15, -0.1) is 5.11 Å². The van der Waals surface area contributed by atoms with E-state index in [1.54, 1.807) is 0 Å². The largest absolute Gasteiger partial charge is 2.00 e. The fraction of sp³-hybridized carbons (Fsp3) is 0.308. The van der Waals surface area contributed by atoms with Crippen molar-refractivity contribution in [3.05, 3.63) is 24.3 Å². The number of nitrogens with zero attached hydrogens (tertiary/aromatic N) is 2. The van der Waals surface area contributed by atoms with Crippen molar-refractivity contribution >= 4 is 33.9 Å². The van der Waals surface area contributed by atoms with E-state index in [1.165, 1.54) is 0 Å². The summed E-state index contributed by atoms with van der Waals surface area (Å²) in [6.45, 7) is 5.69. The summed E-state index contributed by atoms with van der Waals surface area (Å²) >= 11 is 5.24. The summed E-state index contributed by atoms with van der Waals surface area (Å²) in [6.07, 6.45) is 0. The van der Waals surface area contributed by atoms with Gasteiger partial charge >= 0.3 is 22.2 Å². The molecule has 0 saturated heterocycles. The fourth-order valence-electron chi connectivity index (χ4n) is 1.91. The second-order valence-electron chi connectivity index (χ2n) is 4.07. The number of H-pyrrole nitrogens is 1. The molecule has 0 saturated carbocycles. The number of rotatable bonds is 3. The first-order valence-corrected chi connectivity index (χ1v) is 6.63. The number of hydrogen-bond acceptors (Lipinski definition) is 3. The average Bonchev–Trinajstić information content (AvgIpc) is 2.73. The molecule has 1 aromatic carbocycles. The predicted molar refractivity (Wildman–Crippen MR) is 78.5 cm³/mol. The van der Waals surface area contributed by atoms with E-state index in [-0.39, 0.29) is 22.9 Å². The van der Waals surface area contributed by atoms with Crippen LogP contribution in [0.5, 0.6) is 5.88 Å². The third-order valence-electron chi connectivity index (χ3n) is 2.97. The van der Waals surface area contributed by atoms with Crippen molar-refractivity contribution in [1.82, 2.24) is 9.88 Å². The number of para-hydroxylation sites is 1. The Balaban J connectivity index is 0.00000200. The van der Waals surface area contributed by atoms with Crippen LogP contribution in [0.1, 0.15) is 13.8 Å². The number of aromatic amines is 1. The van der Waals surface area contributed by atoms with Crippen molar-refractivity contribution in [2.75, 3.05) is 13.1 Å². The Hall–Kier alpha value is -1.43. The van der Waals surface area contributed by atoms with Crippen molar-refractivity contribution in [3.8, 4) is 5.88 Å². The van der Waals surface area contributed by atoms with Crippen molar-refractivity contribution in [2.45, 2.75) is 13.8 Å². The number of azo groups is 1. The molecule has 0 unspecified atom stereocenters. The molecule has 0 bridgehead atoms. The van der Waals surface area contributed by atoms with E-state index in [0.717, 1.165) is 24.0 Å². The van der Waals surface area contributed by atoms with Crippen LogP contribution < -0.4 is 5.11 Å². The van der Waals surface area contributed by atoms with Crippen molar-refractivity contribution < 1.29 is 27.3 Å². The first kappa shape index (κ1) is 16.6. The van der Waals surface area contributed by atoms with Crippen LogP contribution in [-0.4, -0.2) is 33.2 Å². The predicted octanol–water partition coefficient (Wildman–Crippen LogP) is 1.66. The summed E-state index contributed by atoms with van der Waals surface area (Å²) in [7, 11) is 0. The maximum atomic E-state index is 9.85. The zero-order valence-corrected chi connectivity index (χ0v) is 13.0. The Morgan fingerprint density at radius 1 is 1.35 bits per heavy atom. The summed E-state index contributed by atoms with van der Waals surface area (Å²) in [4.78, 5) is 4.85. The zero-order chi connectivity index (χ0) is 13.8. The standard InChI is InChI=1S/C13H16N4OS.Cu/c1-3-17(4-2)13(19)16-15-11-9-7-5-6-8-10(9)14-12(11)18;/h5-8,14,18H,3-4H2,1-2H3;/q;+2/p+1. The summed E-state index contributed by atoms with van der Waals surface area (Å²) in [5.41, 5.74) is 1.32. The van der Waals surface area contributed by atoms with Gasteiger partial charge in [0.25, 0.3) is 0 Å². The van der Waals surface area contributed by atoms with Gasteiger partial charge in [0.1, 0.15) is 0 Å².